The molecule has 0 saturated heterocycles. The summed E-state index contributed by atoms with van der Waals surface area (Å²) < 4.78 is 0. The lowest BCUT2D eigenvalue weighted by molar-refractivity contribution is 1.18. The van der Waals surface area contributed by atoms with Crippen molar-refractivity contribution in [3.8, 4) is 56.2 Å². The van der Waals surface area contributed by atoms with Crippen molar-refractivity contribution in [2.75, 3.05) is 0 Å². The average Bonchev–Trinajstić information content (AvgIpc) is 3.35. The molecule has 1 aliphatic heterocycles. The van der Waals surface area contributed by atoms with Gasteiger partial charge in [-0.2, -0.15) is 0 Å². The number of nitrogens with zero attached hydrogens (tertiary/aromatic N) is 2. The summed E-state index contributed by atoms with van der Waals surface area (Å²) in [5.74, 6) is 0.654. The third-order valence-corrected chi connectivity index (χ3v) is 11.1. The molecule has 2 heterocycles. The van der Waals surface area contributed by atoms with Crippen molar-refractivity contribution in [3.05, 3.63) is 252 Å². The second-order valence-corrected chi connectivity index (χ2v) is 15.1. The fraction of sp³-hybridized carbons (Fsp3) is 0. The van der Waals surface area contributed by atoms with Crippen LogP contribution in [0.2, 0.25) is 0 Å². The minimum absolute atomic E-state index is 0.447. The van der Waals surface area contributed by atoms with Crippen LogP contribution in [-0.4, -0.2) is 15.7 Å². The first kappa shape index (κ1) is 37.1. The SMILES string of the molecule is N=C(/C(=C1\NC(c2ccccc2)=Cc2ccc(-c3cccc(-c4nc(-c5ccccc5)cc(-c5cccc(-c6ccccc6)c5)n4)c3)cc21)c1ccccc1)c1ccccc1. The van der Waals surface area contributed by atoms with Gasteiger partial charge in [-0.1, -0.05) is 200 Å². The summed E-state index contributed by atoms with van der Waals surface area (Å²) in [6.07, 6.45) is 2.21. The first-order valence-electron chi connectivity index (χ1n) is 20.5. The highest BCUT2D eigenvalue weighted by molar-refractivity contribution is 6.36. The Morgan fingerprint density at radius 3 is 1.51 bits per heavy atom. The maximum absolute atomic E-state index is 9.70. The predicted octanol–water partition coefficient (Wildman–Crippen LogP) is 13.8. The normalized spacial score (nSPS) is 12.8. The van der Waals surface area contributed by atoms with Gasteiger partial charge in [0.1, 0.15) is 0 Å². The van der Waals surface area contributed by atoms with E-state index in [1.807, 2.05) is 78.9 Å². The Balaban J connectivity index is 1.11. The molecule has 0 bridgehead atoms. The molecule has 1 aromatic heterocycles. The first-order valence-corrected chi connectivity index (χ1v) is 20.5. The number of hydrogen-bond donors (Lipinski definition) is 2. The lowest BCUT2D eigenvalue weighted by Gasteiger charge is -2.27. The Labute approximate surface area is 356 Å². The van der Waals surface area contributed by atoms with Crippen molar-refractivity contribution < 1.29 is 0 Å². The van der Waals surface area contributed by atoms with Crippen LogP contribution in [0.5, 0.6) is 0 Å². The molecule has 288 valence electrons. The highest BCUT2D eigenvalue weighted by atomic mass is 14.9. The molecular formula is C57H40N4. The van der Waals surface area contributed by atoms with E-state index in [9.17, 15) is 5.41 Å². The number of fused-ring (bicyclic) bond motifs is 1. The lowest BCUT2D eigenvalue weighted by Crippen LogP contribution is -2.20. The molecule has 8 aromatic carbocycles. The van der Waals surface area contributed by atoms with Gasteiger partial charge in [0.2, 0.25) is 0 Å². The molecule has 0 spiro atoms. The molecule has 10 rings (SSSR count). The monoisotopic (exact) mass is 780 g/mol. The van der Waals surface area contributed by atoms with E-state index in [4.69, 9.17) is 9.97 Å². The molecule has 1 aliphatic rings. The zero-order valence-electron chi connectivity index (χ0n) is 33.3. The third-order valence-electron chi connectivity index (χ3n) is 11.1. The summed E-state index contributed by atoms with van der Waals surface area (Å²) in [5.41, 5.74) is 17.2. The van der Waals surface area contributed by atoms with Crippen LogP contribution in [0.15, 0.2) is 224 Å². The van der Waals surface area contributed by atoms with E-state index < -0.39 is 0 Å². The van der Waals surface area contributed by atoms with E-state index in [2.05, 4.69) is 157 Å². The molecule has 0 radical (unpaired) electrons. The molecular weight excluding hydrogens is 741 g/mol. The van der Waals surface area contributed by atoms with Crippen LogP contribution < -0.4 is 5.32 Å². The first-order chi connectivity index (χ1) is 30.1. The van der Waals surface area contributed by atoms with Gasteiger partial charge in [0, 0.05) is 39.1 Å². The fourth-order valence-electron chi connectivity index (χ4n) is 8.02. The van der Waals surface area contributed by atoms with Gasteiger partial charge in [0.25, 0.3) is 0 Å². The van der Waals surface area contributed by atoms with Crippen LogP contribution in [-0.2, 0) is 0 Å². The van der Waals surface area contributed by atoms with Gasteiger partial charge in [-0.15, -0.1) is 0 Å². The van der Waals surface area contributed by atoms with E-state index >= 15 is 0 Å². The molecule has 0 atom stereocenters. The molecule has 2 N–H and O–H groups in total. The Bertz CT molecular complexity index is 3080. The van der Waals surface area contributed by atoms with Crippen LogP contribution in [0.25, 0.3) is 79.2 Å². The lowest BCUT2D eigenvalue weighted by atomic mass is 9.86. The largest absolute Gasteiger partial charge is 0.354 e. The number of aromatic nitrogens is 2. The Morgan fingerprint density at radius 2 is 0.852 bits per heavy atom. The number of allylic oxidation sites excluding steroid dienone is 1. The second-order valence-electron chi connectivity index (χ2n) is 15.1. The molecule has 4 heteroatoms. The quantitative estimate of drug-likeness (QED) is 0.143. The van der Waals surface area contributed by atoms with Gasteiger partial charge < -0.3 is 5.32 Å². The van der Waals surface area contributed by atoms with Gasteiger partial charge >= 0.3 is 0 Å². The van der Waals surface area contributed by atoms with Crippen molar-refractivity contribution >= 4 is 28.8 Å². The standard InChI is InChI=1S/C57H40N4/c58-55(43-26-14-5-15-27-43)54(42-24-12-4-13-25-42)56-50-36-46(32-33-47(50)37-51(59-56)40-20-8-2-9-21-40)45-29-17-31-49(35-45)57-60-52(41-22-10-3-11-23-41)38-53(61-57)48-30-16-28-44(34-48)39-18-6-1-7-19-39/h1-38,58-59H/b56-54-,58-55?. The van der Waals surface area contributed by atoms with Gasteiger partial charge in [-0.25, -0.2) is 9.97 Å². The van der Waals surface area contributed by atoms with Gasteiger partial charge in [-0.05, 0) is 69.3 Å². The molecule has 0 saturated carbocycles. The highest BCUT2D eigenvalue weighted by Gasteiger charge is 2.24. The zero-order valence-corrected chi connectivity index (χ0v) is 33.3. The van der Waals surface area contributed by atoms with Crippen molar-refractivity contribution in [2.45, 2.75) is 0 Å². The molecule has 0 fully saturated rings. The molecule has 61 heavy (non-hydrogen) atoms. The second kappa shape index (κ2) is 16.6. The summed E-state index contributed by atoms with van der Waals surface area (Å²) in [7, 11) is 0. The summed E-state index contributed by atoms with van der Waals surface area (Å²) >= 11 is 0. The summed E-state index contributed by atoms with van der Waals surface area (Å²) in [6.45, 7) is 0. The maximum Gasteiger partial charge on any atom is 0.160 e. The molecule has 9 aromatic rings. The molecule has 0 unspecified atom stereocenters. The molecule has 0 aliphatic carbocycles. The maximum atomic E-state index is 9.70. The van der Waals surface area contributed by atoms with Gasteiger partial charge in [-0.3, -0.25) is 5.41 Å². The van der Waals surface area contributed by atoms with Crippen molar-refractivity contribution in [2.24, 2.45) is 0 Å². The zero-order chi connectivity index (χ0) is 41.0. The minimum Gasteiger partial charge on any atom is -0.354 e. The van der Waals surface area contributed by atoms with Crippen LogP contribution in [0, 0.1) is 5.41 Å². The van der Waals surface area contributed by atoms with E-state index in [-0.39, 0.29) is 0 Å². The van der Waals surface area contributed by atoms with E-state index in [1.54, 1.807) is 0 Å². The Kier molecular flexibility index (Phi) is 10.1. The van der Waals surface area contributed by atoms with Crippen LogP contribution in [0.1, 0.15) is 27.8 Å². The van der Waals surface area contributed by atoms with Crippen molar-refractivity contribution in [1.29, 1.82) is 5.41 Å². The highest BCUT2D eigenvalue weighted by Crippen LogP contribution is 2.39. The minimum atomic E-state index is 0.447. The van der Waals surface area contributed by atoms with Crippen LogP contribution in [0.4, 0.5) is 0 Å². The van der Waals surface area contributed by atoms with Crippen LogP contribution >= 0.6 is 0 Å². The van der Waals surface area contributed by atoms with Gasteiger partial charge in [0.05, 0.1) is 22.8 Å². The Morgan fingerprint density at radius 1 is 0.377 bits per heavy atom. The molecule has 0 amide bonds. The topological polar surface area (TPSA) is 61.7 Å². The summed E-state index contributed by atoms with van der Waals surface area (Å²) in [6, 6.07) is 77.2. The fourth-order valence-corrected chi connectivity index (χ4v) is 8.02. The third kappa shape index (κ3) is 7.74. The number of nitrogens with one attached hydrogen (secondary N) is 2. The van der Waals surface area contributed by atoms with Gasteiger partial charge in [0.15, 0.2) is 5.82 Å². The van der Waals surface area contributed by atoms with Crippen molar-refractivity contribution in [1.82, 2.24) is 15.3 Å². The van der Waals surface area contributed by atoms with Crippen molar-refractivity contribution in [3.63, 3.8) is 0 Å². The molecule has 4 nitrogen and oxygen atoms in total. The number of hydrogen-bond acceptors (Lipinski definition) is 4. The summed E-state index contributed by atoms with van der Waals surface area (Å²) in [5, 5.41) is 13.5. The van der Waals surface area contributed by atoms with E-state index in [0.29, 0.717) is 11.5 Å². The number of rotatable bonds is 9. The predicted molar refractivity (Wildman–Crippen MR) is 253 cm³/mol. The average molecular weight is 781 g/mol. The summed E-state index contributed by atoms with van der Waals surface area (Å²) in [4.78, 5) is 10.4. The number of benzene rings is 8. The Hall–Kier alpha value is -8.21. The van der Waals surface area contributed by atoms with Crippen LogP contribution in [0.3, 0.4) is 0 Å². The van der Waals surface area contributed by atoms with E-state index in [1.165, 1.54) is 0 Å². The smallest absolute Gasteiger partial charge is 0.160 e. The van der Waals surface area contributed by atoms with E-state index in [0.717, 1.165) is 95.1 Å².